The zero-order valence-electron chi connectivity index (χ0n) is 40.1. The van der Waals surface area contributed by atoms with Gasteiger partial charge in [0.05, 0.1) is 41.0 Å². The number of carbonyl (C=O) groups is 4. The number of hydrogen-bond acceptors (Lipinski definition) is 14. The number of esters is 2. The highest BCUT2D eigenvalue weighted by Gasteiger charge is 2.68. The van der Waals surface area contributed by atoms with Crippen molar-refractivity contribution in [1.29, 1.82) is 0 Å². The first-order chi connectivity index (χ1) is 35.5. The van der Waals surface area contributed by atoms with Gasteiger partial charge in [0.2, 0.25) is 22.7 Å². The maximum absolute atomic E-state index is 15.6. The van der Waals surface area contributed by atoms with Crippen LogP contribution in [0.15, 0.2) is 54.6 Å². The van der Waals surface area contributed by atoms with E-state index >= 15 is 8.78 Å². The molecule has 2 aliphatic rings. The fourth-order valence-electron chi connectivity index (χ4n) is 8.23. The standard InChI is InChI=1S/C46H38ClF10N7O11S2/c1-43(2,76(4,69)70)13-12-25-6-7-26(27-8-9-30(47)36-38(27)63(20-44(50,51)52)61-41(36)64(77(5,71)72)42(68)75-21-74-34(67)11-10-33(66)73-3)37(58-25)31(16-22-14-23(48)17-24(49)15-22)59-32(65)19-62-40-35(39(60-62)46(55,56)57)28-18-29(28)45(40,53)54/h6-11,14-15,17,28-29,31H,16,18-21H2,1-5H3,(H,59,65)/b11-10+/t28-,29+,31?/m0/s1. The maximum atomic E-state index is 15.6. The summed E-state index contributed by atoms with van der Waals surface area (Å²) in [5, 5.41) is 8.23. The number of pyridine rings is 1. The fourth-order valence-corrected chi connectivity index (χ4v) is 9.47. The number of anilines is 1. The van der Waals surface area contributed by atoms with Gasteiger partial charge in [-0.1, -0.05) is 23.6 Å². The van der Waals surface area contributed by atoms with E-state index in [0.29, 0.717) is 24.5 Å². The summed E-state index contributed by atoms with van der Waals surface area (Å²) in [6.07, 6.45) is -11.1. The van der Waals surface area contributed by atoms with Crippen molar-refractivity contribution in [3.63, 3.8) is 0 Å². The monoisotopic (exact) mass is 1150 g/mol. The van der Waals surface area contributed by atoms with Crippen molar-refractivity contribution < 1.29 is 94.1 Å². The summed E-state index contributed by atoms with van der Waals surface area (Å²) >= 11 is 6.59. The van der Waals surface area contributed by atoms with Gasteiger partial charge in [-0.3, -0.25) is 14.2 Å². The van der Waals surface area contributed by atoms with Gasteiger partial charge >= 0.3 is 30.4 Å². The number of carbonyl (C=O) groups excluding carboxylic acids is 4. The fraction of sp³-hybridized carbons (Fsp3) is 0.370. The molecular formula is C46H38ClF10N7O11S2. The lowest BCUT2D eigenvalue weighted by Crippen LogP contribution is -2.37. The highest BCUT2D eigenvalue weighted by molar-refractivity contribution is 7.93. The Labute approximate surface area is 434 Å². The number of halogens is 11. The number of ether oxygens (including phenoxy) is 3. The molecule has 18 nitrogen and oxygen atoms in total. The Balaban J connectivity index is 1.44. The lowest BCUT2D eigenvalue weighted by atomic mass is 9.93. The van der Waals surface area contributed by atoms with E-state index in [4.69, 9.17) is 16.3 Å². The lowest BCUT2D eigenvalue weighted by molar-refractivity contribution is -0.146. The highest BCUT2D eigenvalue weighted by atomic mass is 35.5. The molecule has 1 fully saturated rings. The molecule has 3 atom stereocenters. The van der Waals surface area contributed by atoms with Gasteiger partial charge in [0.1, 0.15) is 40.9 Å². The van der Waals surface area contributed by atoms with Crippen molar-refractivity contribution in [3.8, 4) is 23.0 Å². The zero-order chi connectivity index (χ0) is 57.1. The molecule has 2 amide bonds. The van der Waals surface area contributed by atoms with Crippen molar-refractivity contribution in [2.75, 3.05) is 30.7 Å². The number of aromatic nitrogens is 5. The molecule has 1 saturated carbocycles. The molecule has 3 aromatic heterocycles. The van der Waals surface area contributed by atoms with Crippen molar-refractivity contribution in [1.82, 2.24) is 29.9 Å². The summed E-state index contributed by atoms with van der Waals surface area (Å²) < 4.78 is 211. The molecule has 31 heteroatoms. The van der Waals surface area contributed by atoms with Crippen LogP contribution in [0.1, 0.15) is 66.1 Å². The third-order valence-corrected chi connectivity index (χ3v) is 15.2. The quantitative estimate of drug-likeness (QED) is 0.0354. The van der Waals surface area contributed by atoms with E-state index in [0.717, 1.165) is 49.8 Å². The van der Waals surface area contributed by atoms with Gasteiger partial charge in [-0.25, -0.2) is 45.0 Å². The smallest absolute Gasteiger partial charge is 0.435 e. The Morgan fingerprint density at radius 3 is 2.16 bits per heavy atom. The molecule has 3 heterocycles. The van der Waals surface area contributed by atoms with E-state index in [1.165, 1.54) is 13.8 Å². The second kappa shape index (κ2) is 20.6. The first kappa shape index (κ1) is 57.4. The molecular weight excluding hydrogens is 1120 g/mol. The Hall–Kier alpha value is -7.26. The lowest BCUT2D eigenvalue weighted by Gasteiger charge is -2.23. The molecule has 0 spiro atoms. The van der Waals surface area contributed by atoms with Crippen LogP contribution in [0.5, 0.6) is 0 Å². The number of methoxy groups -OCH3 is 1. The number of rotatable bonds is 15. The second-order valence-electron chi connectivity index (χ2n) is 17.9. The van der Waals surface area contributed by atoms with E-state index in [-0.39, 0.29) is 36.9 Å². The minimum Gasteiger partial charge on any atom is -0.466 e. The van der Waals surface area contributed by atoms with Crippen LogP contribution in [0.3, 0.4) is 0 Å². The van der Waals surface area contributed by atoms with Gasteiger partial charge in [0.15, 0.2) is 21.3 Å². The van der Waals surface area contributed by atoms with Gasteiger partial charge in [-0.2, -0.15) is 49.6 Å². The predicted molar refractivity (Wildman–Crippen MR) is 249 cm³/mol. The topological polar surface area (TPSA) is 228 Å². The number of sulfonamides is 1. The predicted octanol–water partition coefficient (Wildman–Crippen LogP) is 7.42. The van der Waals surface area contributed by atoms with Gasteiger partial charge < -0.3 is 19.5 Å². The summed E-state index contributed by atoms with van der Waals surface area (Å²) in [6, 6.07) is 4.33. The Morgan fingerprint density at radius 2 is 1.56 bits per heavy atom. The van der Waals surface area contributed by atoms with Crippen molar-refractivity contribution in [3.05, 3.63) is 105 Å². The number of benzene rings is 2. The van der Waals surface area contributed by atoms with Crippen LogP contribution in [0.25, 0.3) is 22.0 Å². The first-order valence-electron chi connectivity index (χ1n) is 21.9. The molecule has 77 heavy (non-hydrogen) atoms. The number of amides is 2. The third kappa shape index (κ3) is 12.3. The summed E-state index contributed by atoms with van der Waals surface area (Å²) in [5.41, 5.74) is -6.44. The highest BCUT2D eigenvalue weighted by Crippen LogP contribution is 2.68. The van der Waals surface area contributed by atoms with Crippen LogP contribution < -0.4 is 9.62 Å². The molecule has 1 unspecified atom stereocenters. The van der Waals surface area contributed by atoms with Crippen LogP contribution in [0.4, 0.5) is 54.5 Å². The minimum absolute atomic E-state index is 0.151. The van der Waals surface area contributed by atoms with Crippen molar-refractivity contribution in [2.24, 2.45) is 5.92 Å². The minimum atomic E-state index is -5.25. The molecule has 7 rings (SSSR count). The van der Waals surface area contributed by atoms with Gasteiger partial charge in [0, 0.05) is 47.1 Å². The maximum Gasteiger partial charge on any atom is 0.435 e. The molecule has 412 valence electrons. The molecule has 0 aliphatic heterocycles. The summed E-state index contributed by atoms with van der Waals surface area (Å²) in [5.74, 6) is -8.81. The summed E-state index contributed by atoms with van der Waals surface area (Å²) in [4.78, 5) is 55.6. The third-order valence-electron chi connectivity index (χ3n) is 11.9. The number of nitrogens with one attached hydrogen (secondary N) is 1. The van der Waals surface area contributed by atoms with Crippen molar-refractivity contribution >= 4 is 72.1 Å². The summed E-state index contributed by atoms with van der Waals surface area (Å²) in [6.45, 7) is -2.37. The molecule has 0 saturated heterocycles. The van der Waals surface area contributed by atoms with Crippen molar-refractivity contribution in [2.45, 2.75) is 74.8 Å². The van der Waals surface area contributed by atoms with Crippen LogP contribution >= 0.6 is 11.6 Å². The number of sulfone groups is 1. The second-order valence-corrected chi connectivity index (χ2v) is 22.7. The van der Waals surface area contributed by atoms with Gasteiger partial charge in [0.25, 0.3) is 5.92 Å². The normalized spacial score (nSPS) is 16.5. The number of alkyl halides is 8. The molecule has 1 N–H and O–H groups in total. The van der Waals surface area contributed by atoms with Crippen LogP contribution in [0.2, 0.25) is 5.02 Å². The molecule has 2 aromatic carbocycles. The molecule has 0 radical (unpaired) electrons. The first-order valence-corrected chi connectivity index (χ1v) is 26.0. The van der Waals surface area contributed by atoms with E-state index in [1.54, 1.807) is 0 Å². The largest absolute Gasteiger partial charge is 0.466 e. The van der Waals surface area contributed by atoms with E-state index in [2.05, 4.69) is 41.8 Å². The van der Waals surface area contributed by atoms with Crippen LogP contribution in [-0.4, -0.2) is 103 Å². The zero-order valence-corrected chi connectivity index (χ0v) is 42.5. The van der Waals surface area contributed by atoms with E-state index < -0.39 is 173 Å². The number of nitrogens with zero attached hydrogens (tertiary/aromatic N) is 6. The molecule has 0 bridgehead atoms. The average Bonchev–Trinajstić information content (AvgIpc) is 3.99. The van der Waals surface area contributed by atoms with Gasteiger partial charge in [-0.15, -0.1) is 0 Å². The number of fused-ring (bicyclic) bond motifs is 4. The Morgan fingerprint density at radius 1 is 0.922 bits per heavy atom. The SMILES string of the molecule is COC(=O)/C=C/C(=O)OCOC(=O)N(c1nn(CC(F)(F)F)c2c(-c3ccc(C#CC(C)(C)S(C)(=O)=O)nc3C(Cc3cc(F)cc(F)c3)NC(=O)Cn3nc(C(F)(F)F)c4c3C(F)(F)[C@@H]3C[C@H]43)ccc(Cl)c12)S(C)(=O)=O. The Kier molecular flexibility index (Phi) is 15.4. The van der Waals surface area contributed by atoms with Crippen LogP contribution in [0, 0.1) is 29.4 Å². The Bertz CT molecular complexity index is 3570. The number of hydrogen-bond donors (Lipinski definition) is 1. The summed E-state index contributed by atoms with van der Waals surface area (Å²) in [7, 11) is -8.00. The van der Waals surface area contributed by atoms with Crippen LogP contribution in [-0.2, 0) is 80.1 Å². The molecule has 5 aromatic rings. The average molecular weight is 1150 g/mol. The molecule has 2 aliphatic carbocycles. The van der Waals surface area contributed by atoms with Gasteiger partial charge in [-0.05, 0) is 74.4 Å². The van der Waals surface area contributed by atoms with E-state index in [9.17, 15) is 71.1 Å². The van der Waals surface area contributed by atoms with E-state index in [1.807, 2.05) is 0 Å².